The van der Waals surface area contributed by atoms with Crippen LogP contribution in [0, 0.1) is 5.92 Å². The lowest BCUT2D eigenvalue weighted by molar-refractivity contribution is 0.472. The van der Waals surface area contributed by atoms with Crippen LogP contribution >= 0.6 is 0 Å². The minimum atomic E-state index is 0.779. The highest BCUT2D eigenvalue weighted by Crippen LogP contribution is 2.21. The summed E-state index contributed by atoms with van der Waals surface area (Å²) in [4.78, 5) is 0. The van der Waals surface area contributed by atoms with Gasteiger partial charge in [0.1, 0.15) is 0 Å². The van der Waals surface area contributed by atoms with Gasteiger partial charge in [-0.2, -0.15) is 0 Å². The molecule has 1 rings (SSSR count). The summed E-state index contributed by atoms with van der Waals surface area (Å²) in [6, 6.07) is 5.77. The molecule has 0 amide bonds. The van der Waals surface area contributed by atoms with Crippen LogP contribution in [0.15, 0.2) is 18.2 Å². The molecule has 0 aromatic heterocycles. The second-order valence-electron chi connectivity index (χ2n) is 4.74. The summed E-state index contributed by atoms with van der Waals surface area (Å²) in [7, 11) is 0. The van der Waals surface area contributed by atoms with Gasteiger partial charge < -0.3 is 11.5 Å². The molecule has 1 unspecified atom stereocenters. The second-order valence-corrected chi connectivity index (χ2v) is 4.74. The molecule has 0 fully saturated rings. The molecule has 2 heteroatoms. The summed E-state index contributed by atoms with van der Waals surface area (Å²) < 4.78 is 0. The van der Waals surface area contributed by atoms with E-state index in [2.05, 4.69) is 13.8 Å². The summed E-state index contributed by atoms with van der Waals surface area (Å²) in [5, 5.41) is 0. The van der Waals surface area contributed by atoms with Crippen molar-refractivity contribution in [2.24, 2.45) is 5.92 Å². The average Bonchev–Trinajstić information content (AvgIpc) is 2.27. The summed E-state index contributed by atoms with van der Waals surface area (Å²) in [5.74, 6) is 0.779. The molecule has 1 atom stereocenters. The standard InChI is InChI=1S/C14H24N2/c1-3-4-5-11(2)6-7-12-10-13(15)8-9-14(12)16/h8-11H,3-7,15-16H2,1-2H3. The van der Waals surface area contributed by atoms with Crippen LogP contribution in [-0.2, 0) is 6.42 Å². The van der Waals surface area contributed by atoms with Gasteiger partial charge in [0.2, 0.25) is 0 Å². The van der Waals surface area contributed by atoms with E-state index in [-0.39, 0.29) is 0 Å². The predicted octanol–water partition coefficient (Wildman–Crippen LogP) is 3.61. The van der Waals surface area contributed by atoms with Gasteiger partial charge in [0.25, 0.3) is 0 Å². The smallest absolute Gasteiger partial charge is 0.0348 e. The van der Waals surface area contributed by atoms with Gasteiger partial charge in [0.15, 0.2) is 0 Å². The topological polar surface area (TPSA) is 52.0 Å². The van der Waals surface area contributed by atoms with Crippen LogP contribution in [0.1, 0.15) is 45.1 Å². The van der Waals surface area contributed by atoms with Gasteiger partial charge in [-0.15, -0.1) is 0 Å². The molecule has 0 spiro atoms. The highest BCUT2D eigenvalue weighted by Gasteiger charge is 2.05. The molecule has 0 saturated heterocycles. The molecule has 0 radical (unpaired) electrons. The van der Waals surface area contributed by atoms with Crippen LogP contribution in [0.2, 0.25) is 0 Å². The first-order valence-corrected chi connectivity index (χ1v) is 6.27. The normalized spacial score (nSPS) is 12.6. The number of hydrogen-bond donors (Lipinski definition) is 2. The van der Waals surface area contributed by atoms with Gasteiger partial charge in [-0.25, -0.2) is 0 Å². The summed E-state index contributed by atoms with van der Waals surface area (Å²) >= 11 is 0. The van der Waals surface area contributed by atoms with Crippen LogP contribution in [-0.4, -0.2) is 0 Å². The molecule has 0 aliphatic heterocycles. The first kappa shape index (κ1) is 12.9. The van der Waals surface area contributed by atoms with Crippen LogP contribution in [0.5, 0.6) is 0 Å². The van der Waals surface area contributed by atoms with Crippen LogP contribution in [0.3, 0.4) is 0 Å². The quantitative estimate of drug-likeness (QED) is 0.719. The van der Waals surface area contributed by atoms with Crippen molar-refractivity contribution in [1.29, 1.82) is 0 Å². The zero-order valence-electron chi connectivity index (χ0n) is 10.5. The Balaban J connectivity index is 2.44. The van der Waals surface area contributed by atoms with E-state index in [1.807, 2.05) is 18.2 Å². The SMILES string of the molecule is CCCCC(C)CCc1cc(N)ccc1N. The number of hydrogen-bond acceptors (Lipinski definition) is 2. The molecule has 0 saturated carbocycles. The minimum absolute atomic E-state index is 0.779. The molecule has 16 heavy (non-hydrogen) atoms. The number of benzene rings is 1. The lowest BCUT2D eigenvalue weighted by Crippen LogP contribution is -2.01. The Morgan fingerprint density at radius 3 is 2.62 bits per heavy atom. The molecule has 0 aliphatic carbocycles. The molecule has 1 aromatic rings. The van der Waals surface area contributed by atoms with E-state index < -0.39 is 0 Å². The van der Waals surface area contributed by atoms with Gasteiger partial charge >= 0.3 is 0 Å². The Bertz CT molecular complexity index is 321. The highest BCUT2D eigenvalue weighted by molar-refractivity contribution is 5.55. The second kappa shape index (κ2) is 6.41. The van der Waals surface area contributed by atoms with Gasteiger partial charge in [-0.3, -0.25) is 0 Å². The molecular weight excluding hydrogens is 196 g/mol. The Morgan fingerprint density at radius 2 is 1.94 bits per heavy atom. The maximum Gasteiger partial charge on any atom is 0.0348 e. The molecule has 2 nitrogen and oxygen atoms in total. The number of rotatable bonds is 6. The number of nitrogens with two attached hydrogens (primary N) is 2. The fourth-order valence-electron chi connectivity index (χ4n) is 1.94. The highest BCUT2D eigenvalue weighted by atomic mass is 14.6. The number of anilines is 2. The Hall–Kier alpha value is -1.18. The van der Waals surface area contributed by atoms with Crippen LogP contribution in [0.25, 0.3) is 0 Å². The van der Waals surface area contributed by atoms with E-state index in [0.717, 1.165) is 23.7 Å². The maximum absolute atomic E-state index is 5.92. The Kier molecular flexibility index (Phi) is 5.17. The average molecular weight is 220 g/mol. The first-order chi connectivity index (χ1) is 7.63. The molecule has 4 N–H and O–H groups in total. The van der Waals surface area contributed by atoms with E-state index in [1.54, 1.807) is 0 Å². The number of nitrogen functional groups attached to an aromatic ring is 2. The van der Waals surface area contributed by atoms with Crippen molar-refractivity contribution in [3.05, 3.63) is 23.8 Å². The Labute approximate surface area is 99.0 Å². The van der Waals surface area contributed by atoms with Crippen LogP contribution < -0.4 is 11.5 Å². The van der Waals surface area contributed by atoms with E-state index in [4.69, 9.17) is 11.5 Å². The van der Waals surface area contributed by atoms with Gasteiger partial charge in [0.05, 0.1) is 0 Å². The lowest BCUT2D eigenvalue weighted by atomic mass is 9.95. The number of unbranched alkanes of at least 4 members (excludes halogenated alkanes) is 1. The van der Waals surface area contributed by atoms with Crippen molar-refractivity contribution in [2.45, 2.75) is 46.0 Å². The summed E-state index contributed by atoms with van der Waals surface area (Å²) in [6.45, 7) is 4.56. The molecule has 90 valence electrons. The van der Waals surface area contributed by atoms with Crippen LogP contribution in [0.4, 0.5) is 11.4 Å². The largest absolute Gasteiger partial charge is 0.399 e. The number of aryl methyl sites for hydroxylation is 1. The first-order valence-electron chi connectivity index (χ1n) is 6.27. The molecular formula is C14H24N2. The molecule has 0 aliphatic rings. The third kappa shape index (κ3) is 4.13. The maximum atomic E-state index is 5.92. The third-order valence-electron chi connectivity index (χ3n) is 3.12. The van der Waals surface area contributed by atoms with E-state index in [9.17, 15) is 0 Å². The molecule has 0 bridgehead atoms. The zero-order chi connectivity index (χ0) is 12.0. The molecule has 0 heterocycles. The van der Waals surface area contributed by atoms with Gasteiger partial charge in [-0.05, 0) is 42.5 Å². The van der Waals surface area contributed by atoms with Gasteiger partial charge in [0, 0.05) is 11.4 Å². The van der Waals surface area contributed by atoms with Crippen molar-refractivity contribution in [1.82, 2.24) is 0 Å². The van der Waals surface area contributed by atoms with Crippen molar-refractivity contribution >= 4 is 11.4 Å². The predicted molar refractivity (Wildman–Crippen MR) is 72.3 cm³/mol. The van der Waals surface area contributed by atoms with Gasteiger partial charge in [-0.1, -0.05) is 33.1 Å². The fraction of sp³-hybridized carbons (Fsp3) is 0.571. The third-order valence-corrected chi connectivity index (χ3v) is 3.12. The van der Waals surface area contributed by atoms with Crippen molar-refractivity contribution in [2.75, 3.05) is 11.5 Å². The monoisotopic (exact) mass is 220 g/mol. The van der Waals surface area contributed by atoms with Crippen molar-refractivity contribution in [3.8, 4) is 0 Å². The van der Waals surface area contributed by atoms with E-state index >= 15 is 0 Å². The van der Waals surface area contributed by atoms with Crippen molar-refractivity contribution in [3.63, 3.8) is 0 Å². The zero-order valence-corrected chi connectivity index (χ0v) is 10.5. The summed E-state index contributed by atoms with van der Waals surface area (Å²) in [5.41, 5.74) is 14.6. The lowest BCUT2D eigenvalue weighted by Gasteiger charge is -2.12. The Morgan fingerprint density at radius 1 is 1.19 bits per heavy atom. The van der Waals surface area contributed by atoms with E-state index in [1.165, 1.54) is 31.2 Å². The van der Waals surface area contributed by atoms with E-state index in [0.29, 0.717) is 0 Å². The fourth-order valence-corrected chi connectivity index (χ4v) is 1.94. The molecule has 1 aromatic carbocycles. The minimum Gasteiger partial charge on any atom is -0.399 e. The van der Waals surface area contributed by atoms with Crippen molar-refractivity contribution < 1.29 is 0 Å². The summed E-state index contributed by atoms with van der Waals surface area (Å²) in [6.07, 6.45) is 6.17.